The summed E-state index contributed by atoms with van der Waals surface area (Å²) in [5, 5.41) is 0. The minimum atomic E-state index is -0.278. The predicted molar refractivity (Wildman–Crippen MR) is 86.4 cm³/mol. The van der Waals surface area contributed by atoms with Gasteiger partial charge in [-0.25, -0.2) is 0 Å². The van der Waals surface area contributed by atoms with Crippen molar-refractivity contribution >= 4 is 5.97 Å². The van der Waals surface area contributed by atoms with Crippen LogP contribution >= 0.6 is 0 Å². The van der Waals surface area contributed by atoms with E-state index < -0.39 is 0 Å². The highest BCUT2D eigenvalue weighted by Gasteiger charge is 1.88. The zero-order valence-electron chi connectivity index (χ0n) is 13.1. The van der Waals surface area contributed by atoms with Crippen LogP contribution in [0.25, 0.3) is 0 Å². The van der Waals surface area contributed by atoms with E-state index in [1.807, 2.05) is 18.2 Å². The molecule has 0 atom stereocenters. The van der Waals surface area contributed by atoms with Gasteiger partial charge in [-0.15, -0.1) is 0 Å². The van der Waals surface area contributed by atoms with E-state index in [-0.39, 0.29) is 5.97 Å². The van der Waals surface area contributed by atoms with E-state index in [1.54, 1.807) is 0 Å². The zero-order chi connectivity index (χ0) is 14.9. The topological polar surface area (TPSA) is 26.3 Å². The fourth-order valence-electron chi connectivity index (χ4n) is 1.83. The van der Waals surface area contributed by atoms with Gasteiger partial charge < -0.3 is 4.74 Å². The van der Waals surface area contributed by atoms with E-state index in [1.165, 1.54) is 64.6 Å². The maximum absolute atomic E-state index is 10.5. The van der Waals surface area contributed by atoms with Gasteiger partial charge in [-0.1, -0.05) is 69.8 Å². The summed E-state index contributed by atoms with van der Waals surface area (Å²) in [7, 11) is 0. The molecule has 0 bridgehead atoms. The Kier molecular flexibility index (Phi) is 14.7. The summed E-state index contributed by atoms with van der Waals surface area (Å²) in [4.78, 5) is 10.5. The SMILES string of the molecule is CCCCCCCCC/C=C\C=C\C/C=C/OC(C)=O. The molecule has 2 nitrogen and oxygen atoms in total. The van der Waals surface area contributed by atoms with Crippen LogP contribution in [0.1, 0.15) is 71.6 Å². The van der Waals surface area contributed by atoms with Gasteiger partial charge in [-0.3, -0.25) is 4.79 Å². The van der Waals surface area contributed by atoms with Crippen molar-refractivity contribution in [1.82, 2.24) is 0 Å². The molecule has 0 saturated carbocycles. The van der Waals surface area contributed by atoms with E-state index in [4.69, 9.17) is 0 Å². The van der Waals surface area contributed by atoms with Crippen molar-refractivity contribution in [2.24, 2.45) is 0 Å². The first-order valence-electron chi connectivity index (χ1n) is 7.91. The molecule has 0 aromatic carbocycles. The second-order valence-corrected chi connectivity index (χ2v) is 4.98. The molecule has 0 rings (SSSR count). The van der Waals surface area contributed by atoms with Gasteiger partial charge in [0.25, 0.3) is 0 Å². The molecule has 0 fully saturated rings. The van der Waals surface area contributed by atoms with Crippen molar-refractivity contribution in [2.45, 2.75) is 71.6 Å². The lowest BCUT2D eigenvalue weighted by Gasteiger charge is -1.98. The van der Waals surface area contributed by atoms with Crippen LogP contribution in [0.4, 0.5) is 0 Å². The van der Waals surface area contributed by atoms with Crippen molar-refractivity contribution in [1.29, 1.82) is 0 Å². The third kappa shape index (κ3) is 16.7. The third-order valence-corrected chi connectivity index (χ3v) is 2.96. The van der Waals surface area contributed by atoms with E-state index in [0.717, 1.165) is 6.42 Å². The Morgan fingerprint density at radius 1 is 0.900 bits per heavy atom. The molecule has 0 heterocycles. The summed E-state index contributed by atoms with van der Waals surface area (Å²) in [6.45, 7) is 3.65. The summed E-state index contributed by atoms with van der Waals surface area (Å²) in [5.41, 5.74) is 0. The van der Waals surface area contributed by atoms with Crippen LogP contribution in [0.2, 0.25) is 0 Å². The number of carbonyl (C=O) groups excluding carboxylic acids is 1. The smallest absolute Gasteiger partial charge is 0.307 e. The second kappa shape index (κ2) is 15.7. The summed E-state index contributed by atoms with van der Waals surface area (Å²) in [5.74, 6) is -0.278. The molecule has 0 aromatic heterocycles. The van der Waals surface area contributed by atoms with Crippen molar-refractivity contribution in [2.75, 3.05) is 0 Å². The van der Waals surface area contributed by atoms with Gasteiger partial charge in [0.05, 0.1) is 6.26 Å². The quantitative estimate of drug-likeness (QED) is 0.198. The maximum atomic E-state index is 10.5. The Bertz CT molecular complexity index is 301. The number of carbonyl (C=O) groups is 1. The molecule has 0 saturated heterocycles. The van der Waals surface area contributed by atoms with Gasteiger partial charge in [0.2, 0.25) is 0 Å². The Morgan fingerprint density at radius 2 is 1.55 bits per heavy atom. The van der Waals surface area contributed by atoms with Crippen molar-refractivity contribution in [3.8, 4) is 0 Å². The van der Waals surface area contributed by atoms with Crippen molar-refractivity contribution in [3.63, 3.8) is 0 Å². The van der Waals surface area contributed by atoms with E-state index >= 15 is 0 Å². The van der Waals surface area contributed by atoms with E-state index in [0.29, 0.717) is 0 Å². The number of rotatable bonds is 12. The molecule has 0 spiro atoms. The van der Waals surface area contributed by atoms with Crippen LogP contribution in [-0.4, -0.2) is 5.97 Å². The van der Waals surface area contributed by atoms with Crippen molar-refractivity contribution < 1.29 is 9.53 Å². The summed E-state index contributed by atoms with van der Waals surface area (Å²) in [6.07, 6.45) is 23.1. The van der Waals surface area contributed by atoms with Gasteiger partial charge in [0, 0.05) is 6.92 Å². The first-order chi connectivity index (χ1) is 9.77. The molecule has 0 N–H and O–H groups in total. The summed E-state index contributed by atoms with van der Waals surface area (Å²) in [6, 6.07) is 0. The monoisotopic (exact) mass is 278 g/mol. The van der Waals surface area contributed by atoms with Gasteiger partial charge in [0.15, 0.2) is 0 Å². The molecular formula is C18H30O2. The van der Waals surface area contributed by atoms with Crippen LogP contribution in [0, 0.1) is 0 Å². The fourth-order valence-corrected chi connectivity index (χ4v) is 1.83. The zero-order valence-corrected chi connectivity index (χ0v) is 13.1. The second-order valence-electron chi connectivity index (χ2n) is 4.98. The van der Waals surface area contributed by atoms with Crippen molar-refractivity contribution in [3.05, 3.63) is 36.6 Å². The molecule has 20 heavy (non-hydrogen) atoms. The molecule has 0 aliphatic rings. The lowest BCUT2D eigenvalue weighted by Crippen LogP contribution is -1.88. The molecule has 0 aromatic rings. The van der Waals surface area contributed by atoms with Crippen LogP contribution in [0.3, 0.4) is 0 Å². The van der Waals surface area contributed by atoms with E-state index in [2.05, 4.69) is 23.8 Å². The average Bonchev–Trinajstić information content (AvgIpc) is 2.43. The Hall–Kier alpha value is -1.31. The molecule has 0 unspecified atom stereocenters. The van der Waals surface area contributed by atoms with Gasteiger partial charge in [-0.05, 0) is 25.3 Å². The molecule has 114 valence electrons. The number of unbranched alkanes of at least 4 members (excludes halogenated alkanes) is 7. The Balaban J connectivity index is 3.30. The molecule has 0 amide bonds. The number of hydrogen-bond acceptors (Lipinski definition) is 2. The van der Waals surface area contributed by atoms with Gasteiger partial charge >= 0.3 is 5.97 Å². The average molecular weight is 278 g/mol. The minimum Gasteiger partial charge on any atom is -0.435 e. The van der Waals surface area contributed by atoms with Gasteiger partial charge in [-0.2, -0.15) is 0 Å². The van der Waals surface area contributed by atoms with Crippen LogP contribution in [-0.2, 0) is 9.53 Å². The predicted octanol–water partition coefficient (Wildman–Crippen LogP) is 5.71. The Morgan fingerprint density at radius 3 is 2.25 bits per heavy atom. The largest absolute Gasteiger partial charge is 0.435 e. The molecule has 0 radical (unpaired) electrons. The van der Waals surface area contributed by atoms with Crippen LogP contribution in [0.5, 0.6) is 0 Å². The third-order valence-electron chi connectivity index (χ3n) is 2.96. The molecular weight excluding hydrogens is 248 g/mol. The highest BCUT2D eigenvalue weighted by molar-refractivity contribution is 5.66. The summed E-state index contributed by atoms with van der Waals surface area (Å²) >= 11 is 0. The number of esters is 1. The van der Waals surface area contributed by atoms with E-state index in [9.17, 15) is 4.79 Å². The van der Waals surface area contributed by atoms with Crippen LogP contribution in [0.15, 0.2) is 36.6 Å². The Labute approximate surface area is 124 Å². The highest BCUT2D eigenvalue weighted by atomic mass is 16.5. The maximum Gasteiger partial charge on any atom is 0.307 e. The number of ether oxygens (including phenoxy) is 1. The number of allylic oxidation sites excluding steroid dienone is 5. The summed E-state index contributed by atoms with van der Waals surface area (Å²) < 4.78 is 4.68. The first-order valence-corrected chi connectivity index (χ1v) is 7.91. The van der Waals surface area contributed by atoms with Crippen LogP contribution < -0.4 is 0 Å². The minimum absolute atomic E-state index is 0.278. The standard InChI is InChI=1S/C18H30O2/c1-3-4-5-6-7-8-9-10-11-12-13-14-15-16-17-20-18(2)19/h11-14,16-17H,3-10,15H2,1-2H3/b12-11-,14-13+,17-16+. The molecule has 0 aliphatic carbocycles. The lowest BCUT2D eigenvalue weighted by molar-refractivity contribution is -0.135. The lowest BCUT2D eigenvalue weighted by atomic mass is 10.1. The fraction of sp³-hybridized carbons (Fsp3) is 0.611. The molecule has 0 aliphatic heterocycles. The normalized spacial score (nSPS) is 11.9. The van der Waals surface area contributed by atoms with Gasteiger partial charge in [0.1, 0.15) is 0 Å². The number of hydrogen-bond donors (Lipinski definition) is 0. The highest BCUT2D eigenvalue weighted by Crippen LogP contribution is 2.08. The first kappa shape index (κ1) is 18.7. The molecule has 2 heteroatoms.